The Kier molecular flexibility index (Phi) is 17.5. The van der Waals surface area contributed by atoms with E-state index in [4.69, 9.17) is 114 Å². The number of thiol groups is 1. The lowest BCUT2D eigenvalue weighted by Gasteiger charge is -2.27. The highest BCUT2D eigenvalue weighted by molar-refractivity contribution is 8.44. The monoisotopic (exact) mass is 1410 g/mol. The van der Waals surface area contributed by atoms with Crippen molar-refractivity contribution in [1.82, 2.24) is 68.2 Å². The fourth-order valence-electron chi connectivity index (χ4n) is 10.9. The first-order valence-corrected chi connectivity index (χ1v) is 37.8. The Morgan fingerprint density at radius 3 is 1.49 bits per heavy atom. The molecular weight excluding hydrogens is 1360 g/mol. The fraction of sp³-hybridized carbons (Fsp3) is 0.500. The Bertz CT molecular complexity index is 4130. The number of H-pyrrole nitrogens is 2. The van der Waals surface area contributed by atoms with Gasteiger partial charge in [0.05, 0.1) is 75.9 Å². The molecule has 8 aromatic heterocycles. The third kappa shape index (κ3) is 12.8. The summed E-state index contributed by atoms with van der Waals surface area (Å²) >= 11 is 20.0. The quantitative estimate of drug-likeness (QED) is 0.0883. The lowest BCUT2D eigenvalue weighted by Crippen LogP contribution is -2.34. The first kappa shape index (κ1) is 63.7. The van der Waals surface area contributed by atoms with Crippen molar-refractivity contribution >= 4 is 131 Å². The van der Waals surface area contributed by atoms with Crippen LogP contribution in [0, 0.1) is 0 Å². The van der Waals surface area contributed by atoms with E-state index in [1.165, 1.54) is 43.2 Å². The number of nitrogen functional groups attached to an aromatic ring is 4. The Balaban J connectivity index is 0.000000165. The molecule has 0 amide bonds. The Morgan fingerprint density at radius 2 is 1.02 bits per heavy atom. The average molecular weight is 1410 g/mol. The number of aromatic nitrogens is 14. The van der Waals surface area contributed by atoms with Gasteiger partial charge in [-0.15, -0.1) is 0 Å². The summed E-state index contributed by atoms with van der Waals surface area (Å²) < 4.78 is 121. The van der Waals surface area contributed by atoms with Gasteiger partial charge in [-0.2, -0.15) is 29.2 Å². The van der Waals surface area contributed by atoms with Crippen LogP contribution in [0.4, 0.5) is 32.3 Å². The number of nitrogens with two attached hydrogens (primary N) is 4. The maximum Gasteiger partial charge on any atom is 0.386 e. The number of nitrogens with one attached hydrogen (secondary N) is 2. The number of nitrogens with zero attached hydrogens (tertiary/aromatic N) is 12. The van der Waals surface area contributed by atoms with Crippen molar-refractivity contribution in [3.8, 4) is 0 Å². The molecule has 13 N–H and O–H groups in total. The summed E-state index contributed by atoms with van der Waals surface area (Å²) in [5.41, 5.74) is 24.0. The molecule has 6 aliphatic rings. The molecule has 90 heavy (non-hydrogen) atoms. The van der Waals surface area contributed by atoms with Crippen LogP contribution in [0.5, 0.6) is 0 Å². The van der Waals surface area contributed by atoms with E-state index in [0.717, 1.165) is 0 Å². The molecule has 14 rings (SSSR count). The summed E-state index contributed by atoms with van der Waals surface area (Å²) in [4.78, 5) is 87.1. The van der Waals surface area contributed by atoms with Gasteiger partial charge in [0.25, 0.3) is 11.1 Å². The zero-order valence-electron chi connectivity index (χ0n) is 45.7. The van der Waals surface area contributed by atoms with E-state index < -0.39 is 149 Å². The van der Waals surface area contributed by atoms with Gasteiger partial charge in [-0.1, -0.05) is 12.2 Å². The molecule has 0 spiro atoms. The summed E-state index contributed by atoms with van der Waals surface area (Å²) in [6.45, 7) is -17.5. The number of aromatic amines is 2. The molecule has 8 aromatic rings. The molecule has 484 valence electrons. The van der Waals surface area contributed by atoms with E-state index >= 15 is 8.78 Å². The van der Waals surface area contributed by atoms with Crippen LogP contribution in [-0.2, 0) is 95.5 Å². The van der Waals surface area contributed by atoms with Crippen molar-refractivity contribution in [2.24, 2.45) is 0 Å². The Hall–Kier alpha value is -5.07. The minimum atomic E-state index is -4.32. The SMILES string of the molecule is Nc1nc2c(ncn2[C@@H]2O[C@@H]3COP(O)(=S)CO[C@H]4C[C@H](c5cnn6c(N)ccnc56)O[C@@H]4COP(=O)(S)O[C@@H]2[C@@H]3F)c(=O)[nH]1.Nc1nc2c(ncn2[C@@H]2O[C@@H]3COP(O)(=S)CO[C@H]4C[C@H](c5cnn6c(N)ccnc56)O[C@@H]4COP(O)(=S)O[C@@H]2[C@@H]3F)c(=O)[nH]1. The maximum absolute atomic E-state index is 15.9. The maximum atomic E-state index is 15.9. The van der Waals surface area contributed by atoms with Crippen molar-refractivity contribution in [1.29, 1.82) is 0 Å². The largest absolute Gasteiger partial charge is 0.386 e. The second-order valence-electron chi connectivity index (χ2n) is 21.0. The summed E-state index contributed by atoms with van der Waals surface area (Å²) in [6, 6.07) is 3.19. The predicted octanol–water partition coefficient (Wildman–Crippen LogP) is 1.59. The van der Waals surface area contributed by atoms with Gasteiger partial charge in [-0.05, 0) is 47.6 Å². The third-order valence-electron chi connectivity index (χ3n) is 15.1. The molecule has 14 heterocycles. The first-order valence-electron chi connectivity index (χ1n) is 26.8. The summed E-state index contributed by atoms with van der Waals surface area (Å²) in [5.74, 6) is 0.295. The molecule has 0 saturated carbocycles. The second kappa shape index (κ2) is 24.7. The van der Waals surface area contributed by atoms with Crippen LogP contribution in [0.2, 0.25) is 0 Å². The lowest BCUT2D eigenvalue weighted by atomic mass is 10.1. The van der Waals surface area contributed by atoms with Gasteiger partial charge in [0, 0.05) is 36.4 Å². The van der Waals surface area contributed by atoms with Gasteiger partial charge in [0.15, 0.2) is 58.4 Å². The van der Waals surface area contributed by atoms with E-state index in [1.54, 1.807) is 24.5 Å². The minimum Gasteiger partial charge on any atom is -0.384 e. The molecule has 6 saturated heterocycles. The van der Waals surface area contributed by atoms with Crippen molar-refractivity contribution in [2.45, 2.75) is 98.7 Å². The Morgan fingerprint density at radius 1 is 0.589 bits per heavy atom. The summed E-state index contributed by atoms with van der Waals surface area (Å²) in [7, 11) is 0. The zero-order valence-corrected chi connectivity index (χ0v) is 52.6. The van der Waals surface area contributed by atoms with Crippen molar-refractivity contribution in [2.75, 3.05) is 62.1 Å². The van der Waals surface area contributed by atoms with Gasteiger partial charge in [0.2, 0.25) is 24.9 Å². The minimum absolute atomic E-state index is 0.0356. The molecule has 6 aliphatic heterocycles. The van der Waals surface area contributed by atoms with Gasteiger partial charge < -0.3 is 79.6 Å². The molecule has 18 atom stereocenters. The van der Waals surface area contributed by atoms with Crippen molar-refractivity contribution in [3.05, 3.63) is 81.4 Å². The highest BCUT2D eigenvalue weighted by atomic mass is 32.7. The number of fused-ring (bicyclic) bond motifs is 10. The van der Waals surface area contributed by atoms with Crippen LogP contribution in [0.25, 0.3) is 33.6 Å². The summed E-state index contributed by atoms with van der Waals surface area (Å²) in [6.07, 6.45) is -8.73. The van der Waals surface area contributed by atoms with Crippen LogP contribution < -0.4 is 34.1 Å². The van der Waals surface area contributed by atoms with Crippen LogP contribution in [0.3, 0.4) is 0 Å². The molecule has 4 bridgehead atoms. The smallest absolute Gasteiger partial charge is 0.384 e. The van der Waals surface area contributed by atoms with Crippen LogP contribution >= 0.6 is 38.7 Å². The van der Waals surface area contributed by atoms with Gasteiger partial charge in [0.1, 0.15) is 61.0 Å². The van der Waals surface area contributed by atoms with Crippen LogP contribution in [0.15, 0.2) is 59.2 Å². The number of imidazole rings is 2. The van der Waals surface area contributed by atoms with Crippen LogP contribution in [-0.4, -0.2) is 183 Å². The molecule has 46 heteroatoms. The van der Waals surface area contributed by atoms with E-state index in [-0.39, 0.29) is 60.3 Å². The Labute approximate surface area is 522 Å². The number of halogens is 2. The number of hydrogen-bond acceptors (Lipinski definition) is 30. The molecule has 6 fully saturated rings. The van der Waals surface area contributed by atoms with E-state index in [9.17, 15) is 28.8 Å². The molecule has 0 aromatic carbocycles. The second-order valence-corrected chi connectivity index (χ2v) is 33.7. The van der Waals surface area contributed by atoms with E-state index in [1.807, 2.05) is 0 Å². The molecular formula is C44H52F2N18O18P4S4. The van der Waals surface area contributed by atoms with Crippen molar-refractivity contribution < 1.29 is 83.6 Å². The number of anilines is 4. The van der Waals surface area contributed by atoms with Gasteiger partial charge in [-0.3, -0.25) is 42.3 Å². The fourth-order valence-corrected chi connectivity index (χ4v) is 16.2. The standard InChI is InChI=1S/2C22H26FN9O9P2S2/c2*23-15-13-6-37-42(34,44)8-36-11-3-10(9-4-28-32-14(24)1-2-26-18(9)32)39-12(11)5-38-43(35,45)41-17(15)21(40-13)31-7-27-16-19(31)29-22(25)30-20(16)33/h2*1-2,4,7,10-13,15,17,21H,3,5-6,8,24H2,(H,34,44)(H,35,45)(H3,25,29,30,33)/t2*10-,11+,12-,13-,15-,17-,21-,42?,43?/m11/s1. The average Bonchev–Trinajstić information content (AvgIpc) is 1.67. The first-order chi connectivity index (χ1) is 42.8. The molecule has 0 radical (unpaired) electrons. The van der Waals surface area contributed by atoms with E-state index in [0.29, 0.717) is 34.1 Å². The molecule has 0 aliphatic carbocycles. The number of alkyl halides is 2. The normalized spacial score (nSPS) is 36.3. The zero-order chi connectivity index (χ0) is 63.3. The number of ether oxygens (including phenoxy) is 6. The van der Waals surface area contributed by atoms with E-state index in [2.05, 4.69) is 62.3 Å². The topological polar surface area (TPSA) is 480 Å². The van der Waals surface area contributed by atoms with Crippen molar-refractivity contribution in [3.63, 3.8) is 0 Å². The lowest BCUT2D eigenvalue weighted by molar-refractivity contribution is -0.0473. The molecule has 36 nitrogen and oxygen atoms in total. The number of hydrogen-bond donors (Lipinski definition) is 10. The number of rotatable bonds is 4. The predicted molar refractivity (Wildman–Crippen MR) is 321 cm³/mol. The highest BCUT2D eigenvalue weighted by Gasteiger charge is 2.53. The highest BCUT2D eigenvalue weighted by Crippen LogP contribution is 2.59. The van der Waals surface area contributed by atoms with Gasteiger partial charge in [-0.25, -0.2) is 33.3 Å². The van der Waals surface area contributed by atoms with Crippen LogP contribution in [0.1, 0.15) is 48.6 Å². The molecule has 4 unspecified atom stereocenters. The van der Waals surface area contributed by atoms with Gasteiger partial charge >= 0.3 is 13.5 Å². The summed E-state index contributed by atoms with van der Waals surface area (Å²) in [5, 5.41) is 8.54. The third-order valence-corrected chi connectivity index (χ3v) is 21.6.